The van der Waals surface area contributed by atoms with Gasteiger partial charge in [-0.05, 0) is 30.5 Å². The Kier molecular flexibility index (Phi) is 5.34. The Bertz CT molecular complexity index is 960. The first-order chi connectivity index (χ1) is 13.9. The quantitative estimate of drug-likeness (QED) is 0.824. The zero-order chi connectivity index (χ0) is 20.4. The van der Waals surface area contributed by atoms with E-state index in [1.807, 2.05) is 18.2 Å². The maximum atomic E-state index is 12.5. The molecule has 4 rings (SSSR count). The summed E-state index contributed by atoms with van der Waals surface area (Å²) < 4.78 is 14.2. The molecule has 0 aliphatic carbocycles. The van der Waals surface area contributed by atoms with E-state index in [1.165, 1.54) is 4.68 Å². The molecule has 29 heavy (non-hydrogen) atoms. The van der Waals surface area contributed by atoms with Crippen LogP contribution in [0.4, 0.5) is 0 Å². The molecular formula is C21H28N4O4. The number of aromatic nitrogens is 3. The van der Waals surface area contributed by atoms with Crippen LogP contribution in [0.15, 0.2) is 23.0 Å². The van der Waals surface area contributed by atoms with Crippen molar-refractivity contribution in [3.63, 3.8) is 0 Å². The van der Waals surface area contributed by atoms with Gasteiger partial charge >= 0.3 is 5.69 Å². The third-order valence-corrected chi connectivity index (χ3v) is 5.63. The van der Waals surface area contributed by atoms with Crippen LogP contribution >= 0.6 is 0 Å². The van der Waals surface area contributed by atoms with Gasteiger partial charge in [-0.1, -0.05) is 26.3 Å². The summed E-state index contributed by atoms with van der Waals surface area (Å²) in [5.41, 5.74) is 0.554. The minimum absolute atomic E-state index is 0.0595. The molecule has 0 spiro atoms. The Morgan fingerprint density at radius 2 is 1.97 bits per heavy atom. The van der Waals surface area contributed by atoms with Crippen LogP contribution in [-0.4, -0.2) is 40.0 Å². The highest BCUT2D eigenvalue weighted by Gasteiger charge is 2.25. The minimum Gasteiger partial charge on any atom is -0.486 e. The molecule has 8 nitrogen and oxygen atoms in total. The van der Waals surface area contributed by atoms with Gasteiger partial charge < -0.3 is 14.8 Å². The normalized spacial score (nSPS) is 16.1. The lowest BCUT2D eigenvalue weighted by Gasteiger charge is -2.27. The summed E-state index contributed by atoms with van der Waals surface area (Å²) in [6.45, 7) is 6.28. The van der Waals surface area contributed by atoms with Gasteiger partial charge in [0.15, 0.2) is 11.5 Å². The monoisotopic (exact) mass is 400 g/mol. The number of ether oxygens (including phenoxy) is 2. The first-order valence-corrected chi connectivity index (χ1v) is 10.3. The number of amides is 1. The largest absolute Gasteiger partial charge is 0.486 e. The number of hydrogen-bond donors (Lipinski definition) is 1. The number of carbonyl (C=O) groups is 1. The van der Waals surface area contributed by atoms with Gasteiger partial charge in [0.1, 0.15) is 25.6 Å². The second kappa shape index (κ2) is 7.93. The average Bonchev–Trinajstić information content (AvgIpc) is 2.87. The molecule has 3 heterocycles. The smallest absolute Gasteiger partial charge is 0.346 e. The maximum absolute atomic E-state index is 12.5. The minimum atomic E-state index is -0.304. The zero-order valence-corrected chi connectivity index (χ0v) is 17.1. The molecule has 1 amide bonds. The van der Waals surface area contributed by atoms with E-state index in [9.17, 15) is 9.59 Å². The summed E-state index contributed by atoms with van der Waals surface area (Å²) in [5.74, 6) is 2.06. The molecule has 2 aliphatic heterocycles. The first-order valence-electron chi connectivity index (χ1n) is 10.3. The lowest BCUT2D eigenvalue weighted by Crippen LogP contribution is -2.40. The molecule has 0 saturated carbocycles. The van der Waals surface area contributed by atoms with Crippen LogP contribution in [0.25, 0.3) is 0 Å². The molecule has 0 fully saturated rings. The number of benzene rings is 1. The summed E-state index contributed by atoms with van der Waals surface area (Å²) in [6.07, 6.45) is 3.92. The van der Waals surface area contributed by atoms with Gasteiger partial charge in [-0.15, -0.1) is 0 Å². The van der Waals surface area contributed by atoms with Gasteiger partial charge in [-0.2, -0.15) is 5.10 Å². The number of nitrogens with one attached hydrogen (secondary N) is 1. The lowest BCUT2D eigenvalue weighted by molar-refractivity contribution is -0.122. The number of fused-ring (bicyclic) bond motifs is 2. The Morgan fingerprint density at radius 3 is 2.79 bits per heavy atom. The van der Waals surface area contributed by atoms with Gasteiger partial charge in [-0.3, -0.25) is 9.36 Å². The summed E-state index contributed by atoms with van der Waals surface area (Å²) >= 11 is 0. The first kappa shape index (κ1) is 19.5. The van der Waals surface area contributed by atoms with E-state index in [0.29, 0.717) is 26.3 Å². The molecule has 2 aliphatic rings. The van der Waals surface area contributed by atoms with Crippen molar-refractivity contribution in [1.29, 1.82) is 0 Å². The van der Waals surface area contributed by atoms with Crippen molar-refractivity contribution >= 4 is 5.91 Å². The molecule has 1 N–H and O–H groups in total. The van der Waals surface area contributed by atoms with Gasteiger partial charge in [0, 0.05) is 24.9 Å². The van der Waals surface area contributed by atoms with Crippen molar-refractivity contribution in [1.82, 2.24) is 19.7 Å². The van der Waals surface area contributed by atoms with Crippen LogP contribution in [0.2, 0.25) is 0 Å². The molecule has 0 bridgehead atoms. The van der Waals surface area contributed by atoms with E-state index >= 15 is 0 Å². The van der Waals surface area contributed by atoms with Crippen molar-refractivity contribution in [3.05, 3.63) is 40.1 Å². The summed E-state index contributed by atoms with van der Waals surface area (Å²) in [7, 11) is 0. The predicted molar refractivity (Wildman–Crippen MR) is 108 cm³/mol. The van der Waals surface area contributed by atoms with E-state index in [1.54, 1.807) is 4.57 Å². The number of rotatable bonds is 5. The van der Waals surface area contributed by atoms with Gasteiger partial charge in [-0.25, -0.2) is 9.48 Å². The van der Waals surface area contributed by atoms with Crippen molar-refractivity contribution < 1.29 is 14.3 Å². The number of hydrogen-bond acceptors (Lipinski definition) is 5. The molecule has 0 unspecified atom stereocenters. The van der Waals surface area contributed by atoms with Crippen LogP contribution < -0.4 is 20.5 Å². The molecule has 1 aromatic heterocycles. The molecule has 0 saturated heterocycles. The molecular weight excluding hydrogens is 372 g/mol. The molecule has 156 valence electrons. The fourth-order valence-electron chi connectivity index (χ4n) is 3.81. The highest BCUT2D eigenvalue weighted by molar-refractivity contribution is 5.75. The van der Waals surface area contributed by atoms with Gasteiger partial charge in [0.25, 0.3) is 0 Å². The SMILES string of the molecule is CC(C)(CNC(=O)Cn1nc2n(c1=O)CCCCC2)c1ccc2c(c1)OCCO2. The van der Waals surface area contributed by atoms with Crippen LogP contribution in [0, 0.1) is 0 Å². The van der Waals surface area contributed by atoms with E-state index in [2.05, 4.69) is 24.3 Å². The summed E-state index contributed by atoms with van der Waals surface area (Å²) in [6, 6.07) is 5.87. The Hall–Kier alpha value is -2.77. The fraction of sp³-hybridized carbons (Fsp3) is 0.571. The van der Waals surface area contributed by atoms with E-state index in [0.717, 1.165) is 48.6 Å². The van der Waals surface area contributed by atoms with Crippen molar-refractivity contribution in [2.75, 3.05) is 19.8 Å². The second-order valence-corrected chi connectivity index (χ2v) is 8.34. The number of nitrogens with zero attached hydrogens (tertiary/aromatic N) is 3. The Labute approximate surface area is 169 Å². The Balaban J connectivity index is 1.40. The average molecular weight is 400 g/mol. The zero-order valence-electron chi connectivity index (χ0n) is 17.1. The van der Waals surface area contributed by atoms with E-state index in [-0.39, 0.29) is 23.6 Å². The molecule has 8 heteroatoms. The maximum Gasteiger partial charge on any atom is 0.346 e. The molecule has 2 aromatic rings. The summed E-state index contributed by atoms with van der Waals surface area (Å²) in [4.78, 5) is 25.0. The fourth-order valence-corrected chi connectivity index (χ4v) is 3.81. The number of aryl methyl sites for hydroxylation is 1. The number of carbonyl (C=O) groups excluding carboxylic acids is 1. The lowest BCUT2D eigenvalue weighted by atomic mass is 9.84. The Morgan fingerprint density at radius 1 is 1.17 bits per heavy atom. The van der Waals surface area contributed by atoms with Crippen LogP contribution in [0.3, 0.4) is 0 Å². The third-order valence-electron chi connectivity index (χ3n) is 5.63. The van der Waals surface area contributed by atoms with Gasteiger partial charge in [0.2, 0.25) is 5.91 Å². The van der Waals surface area contributed by atoms with Crippen LogP contribution in [-0.2, 0) is 29.7 Å². The van der Waals surface area contributed by atoms with Crippen LogP contribution in [0.1, 0.15) is 44.5 Å². The highest BCUT2D eigenvalue weighted by Crippen LogP contribution is 2.34. The van der Waals surface area contributed by atoms with Crippen molar-refractivity contribution in [2.45, 2.75) is 58.0 Å². The van der Waals surface area contributed by atoms with E-state index < -0.39 is 0 Å². The predicted octanol–water partition coefficient (Wildman–Crippen LogP) is 1.64. The standard InChI is InChI=1S/C21H28N4O4/c1-21(2,15-7-8-16-17(12-15)29-11-10-28-16)14-22-19(26)13-25-20(27)24-9-5-3-4-6-18(24)23-25/h7-8,12H,3-6,9-11,13-14H2,1-2H3,(H,22,26). The highest BCUT2D eigenvalue weighted by atomic mass is 16.6. The molecule has 0 radical (unpaired) electrons. The third kappa shape index (κ3) is 4.16. The molecule has 1 aromatic carbocycles. The topological polar surface area (TPSA) is 87.4 Å². The molecule has 0 atom stereocenters. The van der Waals surface area contributed by atoms with Crippen LogP contribution in [0.5, 0.6) is 11.5 Å². The van der Waals surface area contributed by atoms with Crippen molar-refractivity contribution in [3.8, 4) is 11.5 Å². The van der Waals surface area contributed by atoms with E-state index in [4.69, 9.17) is 9.47 Å². The summed E-state index contributed by atoms with van der Waals surface area (Å²) in [5, 5.41) is 7.33. The van der Waals surface area contributed by atoms with Gasteiger partial charge in [0.05, 0.1) is 0 Å². The second-order valence-electron chi connectivity index (χ2n) is 8.34. The van der Waals surface area contributed by atoms with Crippen molar-refractivity contribution in [2.24, 2.45) is 0 Å².